The van der Waals surface area contributed by atoms with Gasteiger partial charge in [0.1, 0.15) is 0 Å². The molecule has 4 nitrogen and oxygen atoms in total. The SMILES string of the molecule is NP(=O)(N(CCCl)CCCl)N1CC1. The van der Waals surface area contributed by atoms with Crippen molar-refractivity contribution in [2.24, 2.45) is 5.50 Å². The molecule has 0 aliphatic carbocycles. The highest BCUT2D eigenvalue weighted by Gasteiger charge is 2.39. The molecule has 1 fully saturated rings. The van der Waals surface area contributed by atoms with Crippen LogP contribution in [0.25, 0.3) is 0 Å². The fourth-order valence-corrected chi connectivity index (χ4v) is 3.54. The highest BCUT2D eigenvalue weighted by Crippen LogP contribution is 2.49. The van der Waals surface area contributed by atoms with Crippen LogP contribution in [0.4, 0.5) is 0 Å². The highest BCUT2D eigenvalue weighted by molar-refractivity contribution is 7.56. The van der Waals surface area contributed by atoms with E-state index in [-0.39, 0.29) is 0 Å². The van der Waals surface area contributed by atoms with E-state index in [2.05, 4.69) is 0 Å². The van der Waals surface area contributed by atoms with Crippen LogP contribution in [0, 0.1) is 0 Å². The number of hydrogen-bond acceptors (Lipinski definition) is 1. The summed E-state index contributed by atoms with van der Waals surface area (Å²) in [5, 5.41) is 0. The number of nitrogens with zero attached hydrogens (tertiary/aromatic N) is 2. The van der Waals surface area contributed by atoms with Crippen molar-refractivity contribution in [3.8, 4) is 0 Å². The molecule has 2 N–H and O–H groups in total. The van der Waals surface area contributed by atoms with Gasteiger partial charge in [0, 0.05) is 37.9 Å². The normalized spacial score (nSPS) is 21.8. The van der Waals surface area contributed by atoms with Crippen LogP contribution >= 0.6 is 30.8 Å². The monoisotopic (exact) mass is 245 g/mol. The molecule has 1 heterocycles. The van der Waals surface area contributed by atoms with Gasteiger partial charge in [-0.1, -0.05) is 0 Å². The predicted octanol–water partition coefficient (Wildman–Crippen LogP) is 1.15. The molecule has 1 unspecified atom stereocenters. The molecule has 7 heteroatoms. The molecule has 1 saturated heterocycles. The maximum absolute atomic E-state index is 12.0. The summed E-state index contributed by atoms with van der Waals surface area (Å²) in [5.74, 6) is 0.845. The molecule has 0 saturated carbocycles. The zero-order valence-corrected chi connectivity index (χ0v) is 9.73. The quantitative estimate of drug-likeness (QED) is 0.434. The maximum Gasteiger partial charge on any atom is 0.281 e. The standard InChI is InChI=1S/C6H14Cl2N3OP/c7-1-3-10(4-2-8)13(9,12)11-5-6-11/h1-6H2,(H2,9,12). The van der Waals surface area contributed by atoms with E-state index < -0.39 is 7.59 Å². The topological polar surface area (TPSA) is 49.3 Å². The van der Waals surface area contributed by atoms with Gasteiger partial charge in [-0.3, -0.25) is 10.1 Å². The van der Waals surface area contributed by atoms with Gasteiger partial charge >= 0.3 is 0 Å². The van der Waals surface area contributed by atoms with E-state index in [1.807, 2.05) is 0 Å². The molecule has 0 spiro atoms. The molecule has 0 aromatic rings. The first kappa shape index (κ1) is 11.8. The van der Waals surface area contributed by atoms with Crippen LogP contribution in [0.1, 0.15) is 0 Å². The molecule has 1 rings (SSSR count). The Hall–Kier alpha value is 0.690. The number of hydrogen-bond donors (Lipinski definition) is 1. The first-order chi connectivity index (χ1) is 6.12. The van der Waals surface area contributed by atoms with Gasteiger partial charge in [-0.2, -0.15) is 0 Å². The van der Waals surface area contributed by atoms with Crippen molar-refractivity contribution in [1.82, 2.24) is 9.34 Å². The Morgan fingerprint density at radius 2 is 1.77 bits per heavy atom. The average molecular weight is 246 g/mol. The molecule has 0 bridgehead atoms. The Balaban J connectivity index is 2.55. The summed E-state index contributed by atoms with van der Waals surface area (Å²) in [7, 11) is -2.80. The lowest BCUT2D eigenvalue weighted by Crippen LogP contribution is -2.31. The second-order valence-corrected chi connectivity index (χ2v) is 5.94. The highest BCUT2D eigenvalue weighted by atomic mass is 35.5. The van der Waals surface area contributed by atoms with Crippen molar-refractivity contribution < 1.29 is 4.57 Å². The molecule has 1 atom stereocenters. The molecule has 0 radical (unpaired) electrons. The van der Waals surface area contributed by atoms with Gasteiger partial charge < -0.3 is 0 Å². The molecule has 1 aliphatic rings. The molecule has 78 valence electrons. The molecule has 13 heavy (non-hydrogen) atoms. The fourth-order valence-electron chi connectivity index (χ4n) is 1.10. The Bertz CT molecular complexity index is 206. The minimum absolute atomic E-state index is 0.423. The van der Waals surface area contributed by atoms with Gasteiger partial charge in [0.2, 0.25) is 0 Å². The Kier molecular flexibility index (Phi) is 4.49. The molecular weight excluding hydrogens is 232 g/mol. The second-order valence-electron chi connectivity index (χ2n) is 2.87. The van der Waals surface area contributed by atoms with Gasteiger partial charge in [0.25, 0.3) is 7.59 Å². The number of nitrogens with two attached hydrogens (primary N) is 1. The molecule has 1 aliphatic heterocycles. The van der Waals surface area contributed by atoms with E-state index in [9.17, 15) is 4.57 Å². The summed E-state index contributed by atoms with van der Waals surface area (Å²) < 4.78 is 15.4. The van der Waals surface area contributed by atoms with Crippen LogP contribution in [0.2, 0.25) is 0 Å². The molecule has 0 aromatic carbocycles. The van der Waals surface area contributed by atoms with Crippen LogP contribution in [0.5, 0.6) is 0 Å². The van der Waals surface area contributed by atoms with Gasteiger partial charge in [-0.25, -0.2) is 9.34 Å². The minimum atomic E-state index is -2.80. The lowest BCUT2D eigenvalue weighted by Gasteiger charge is -2.27. The zero-order valence-electron chi connectivity index (χ0n) is 7.33. The largest absolute Gasteiger partial charge is 0.281 e. The lowest BCUT2D eigenvalue weighted by atomic mass is 10.6. The van der Waals surface area contributed by atoms with Crippen molar-refractivity contribution >= 4 is 30.8 Å². The Labute approximate surface area is 88.5 Å². The maximum atomic E-state index is 12.0. The average Bonchev–Trinajstić information content (AvgIpc) is 2.86. The van der Waals surface area contributed by atoms with Gasteiger partial charge in [0.05, 0.1) is 0 Å². The third-order valence-electron chi connectivity index (χ3n) is 1.92. The summed E-state index contributed by atoms with van der Waals surface area (Å²) in [6, 6.07) is 0. The Morgan fingerprint density at radius 3 is 2.08 bits per heavy atom. The van der Waals surface area contributed by atoms with E-state index in [0.717, 1.165) is 13.1 Å². The van der Waals surface area contributed by atoms with Gasteiger partial charge in [-0.05, 0) is 0 Å². The van der Waals surface area contributed by atoms with Crippen LogP contribution < -0.4 is 5.50 Å². The summed E-state index contributed by atoms with van der Waals surface area (Å²) in [6.45, 7) is 2.68. The van der Waals surface area contributed by atoms with E-state index >= 15 is 0 Å². The second kappa shape index (κ2) is 4.96. The number of halogens is 2. The predicted molar refractivity (Wildman–Crippen MR) is 56.4 cm³/mol. The summed E-state index contributed by atoms with van der Waals surface area (Å²) in [6.07, 6.45) is 0. The molecular formula is C6H14Cl2N3OP. The third kappa shape index (κ3) is 3.08. The first-order valence-electron chi connectivity index (χ1n) is 4.14. The molecule has 0 amide bonds. The minimum Gasteiger partial charge on any atom is -0.271 e. The van der Waals surface area contributed by atoms with Crippen molar-refractivity contribution in [2.45, 2.75) is 0 Å². The zero-order chi connectivity index (χ0) is 9.90. The summed E-state index contributed by atoms with van der Waals surface area (Å²) >= 11 is 11.2. The van der Waals surface area contributed by atoms with Gasteiger partial charge in [0.15, 0.2) is 0 Å². The smallest absolute Gasteiger partial charge is 0.271 e. The van der Waals surface area contributed by atoms with Crippen LogP contribution in [0.3, 0.4) is 0 Å². The van der Waals surface area contributed by atoms with Crippen molar-refractivity contribution in [3.05, 3.63) is 0 Å². The lowest BCUT2D eigenvalue weighted by molar-refractivity contribution is 0.421. The molecule has 0 aromatic heterocycles. The fraction of sp³-hybridized carbons (Fsp3) is 1.00. The van der Waals surface area contributed by atoms with E-state index in [1.54, 1.807) is 9.34 Å². The van der Waals surface area contributed by atoms with E-state index in [0.29, 0.717) is 24.8 Å². The van der Waals surface area contributed by atoms with Crippen LogP contribution in [-0.4, -0.2) is 47.3 Å². The first-order valence-corrected chi connectivity index (χ1v) is 6.89. The van der Waals surface area contributed by atoms with Crippen LogP contribution in [0.15, 0.2) is 0 Å². The van der Waals surface area contributed by atoms with Crippen molar-refractivity contribution in [1.29, 1.82) is 0 Å². The van der Waals surface area contributed by atoms with Crippen molar-refractivity contribution in [2.75, 3.05) is 37.9 Å². The summed E-state index contributed by atoms with van der Waals surface area (Å²) in [4.78, 5) is 0. The summed E-state index contributed by atoms with van der Waals surface area (Å²) in [5.41, 5.74) is 5.73. The van der Waals surface area contributed by atoms with Gasteiger partial charge in [-0.15, -0.1) is 23.2 Å². The number of rotatable bonds is 6. The van der Waals surface area contributed by atoms with Crippen molar-refractivity contribution in [3.63, 3.8) is 0 Å². The van der Waals surface area contributed by atoms with E-state index in [4.69, 9.17) is 28.7 Å². The Morgan fingerprint density at radius 1 is 1.31 bits per heavy atom. The number of alkyl halides is 2. The third-order valence-corrected chi connectivity index (χ3v) is 4.68. The van der Waals surface area contributed by atoms with E-state index in [1.165, 1.54) is 0 Å². The van der Waals surface area contributed by atoms with Crippen LogP contribution in [-0.2, 0) is 4.57 Å².